The number of rotatable bonds is 3. The minimum Gasteiger partial charge on any atom is -0.437 e. The van der Waals surface area contributed by atoms with Gasteiger partial charge >= 0.3 is 0 Å². The van der Waals surface area contributed by atoms with Crippen LogP contribution in [0.25, 0.3) is 0 Å². The molecule has 0 aliphatic carbocycles. The molecule has 18 heavy (non-hydrogen) atoms. The number of hydrogen-bond acceptors (Lipinski definition) is 3. The lowest BCUT2D eigenvalue weighted by Gasteiger charge is -2.10. The minimum atomic E-state index is 0.319. The zero-order valence-corrected chi connectivity index (χ0v) is 12.4. The van der Waals surface area contributed by atoms with Gasteiger partial charge in [-0.25, -0.2) is 4.98 Å². The van der Waals surface area contributed by atoms with Crippen molar-refractivity contribution in [1.29, 1.82) is 0 Å². The summed E-state index contributed by atoms with van der Waals surface area (Å²) in [5.41, 5.74) is 1.93. The van der Waals surface area contributed by atoms with Crippen molar-refractivity contribution in [2.24, 2.45) is 0 Å². The van der Waals surface area contributed by atoms with Crippen molar-refractivity contribution in [3.8, 4) is 11.6 Å². The van der Waals surface area contributed by atoms with Crippen molar-refractivity contribution in [2.75, 3.05) is 0 Å². The molecule has 0 N–H and O–H groups in total. The predicted molar refractivity (Wildman–Crippen MR) is 75.3 cm³/mol. The molecule has 0 saturated carbocycles. The maximum absolute atomic E-state index is 5.84. The monoisotopic (exact) mass is 326 g/mol. The Balaban J connectivity index is 2.36. The largest absolute Gasteiger partial charge is 0.437 e. The van der Waals surface area contributed by atoms with Crippen LogP contribution < -0.4 is 4.74 Å². The van der Waals surface area contributed by atoms with Crippen LogP contribution in [0.4, 0.5) is 0 Å². The van der Waals surface area contributed by atoms with Gasteiger partial charge in [-0.3, -0.25) is 0 Å². The van der Waals surface area contributed by atoms with Gasteiger partial charge in [0.05, 0.1) is 10.4 Å². The summed E-state index contributed by atoms with van der Waals surface area (Å²) in [5, 5.41) is 0. The normalized spacial score (nSPS) is 10.4. The van der Waals surface area contributed by atoms with Crippen LogP contribution >= 0.6 is 27.5 Å². The summed E-state index contributed by atoms with van der Waals surface area (Å²) in [6.07, 6.45) is 1.69. The third-order valence-corrected chi connectivity index (χ3v) is 3.29. The first-order valence-corrected chi connectivity index (χ1v) is 6.75. The number of aryl methyl sites for hydroxylation is 2. The molecule has 0 radical (unpaired) electrons. The second kappa shape index (κ2) is 5.67. The molecule has 0 atom stereocenters. The molecule has 0 saturated heterocycles. The fourth-order valence-corrected chi connectivity index (χ4v) is 2.20. The maximum Gasteiger partial charge on any atom is 0.227 e. The van der Waals surface area contributed by atoms with Crippen molar-refractivity contribution in [2.45, 2.75) is 19.7 Å². The molecule has 0 amide bonds. The maximum atomic E-state index is 5.84. The van der Waals surface area contributed by atoms with Crippen LogP contribution in [0, 0.1) is 13.8 Å². The molecular weight excluding hydrogens is 316 g/mol. The fourth-order valence-electron chi connectivity index (χ4n) is 1.45. The Morgan fingerprint density at radius 3 is 2.78 bits per heavy atom. The van der Waals surface area contributed by atoms with Gasteiger partial charge in [-0.15, -0.1) is 11.6 Å². The summed E-state index contributed by atoms with van der Waals surface area (Å²) in [6.45, 7) is 3.84. The molecule has 0 bridgehead atoms. The molecule has 0 aliphatic rings. The molecule has 0 unspecified atom stereocenters. The zero-order valence-electron chi connectivity index (χ0n) is 10.1. The van der Waals surface area contributed by atoms with Crippen LogP contribution in [0.2, 0.25) is 0 Å². The molecule has 0 fully saturated rings. The van der Waals surface area contributed by atoms with Crippen molar-refractivity contribution in [3.63, 3.8) is 0 Å². The Hall–Kier alpha value is -1.13. The quantitative estimate of drug-likeness (QED) is 0.784. The van der Waals surface area contributed by atoms with Crippen LogP contribution in [0.15, 0.2) is 28.9 Å². The van der Waals surface area contributed by atoms with E-state index in [1.54, 1.807) is 6.20 Å². The summed E-state index contributed by atoms with van der Waals surface area (Å²) in [4.78, 5) is 8.37. The second-order valence-corrected chi connectivity index (χ2v) is 5.04. The first-order chi connectivity index (χ1) is 8.60. The standard InChI is InChI=1S/C13H12BrClN2O/c1-8-3-4-12(11(14)5-8)18-13-10(6-15)7-16-9(2)17-13/h3-5,7H,6H2,1-2H3. The lowest BCUT2D eigenvalue weighted by atomic mass is 10.2. The Bertz CT molecular complexity index is 575. The first kappa shape index (κ1) is 13.3. The van der Waals surface area contributed by atoms with E-state index in [4.69, 9.17) is 16.3 Å². The summed E-state index contributed by atoms with van der Waals surface area (Å²) in [5.74, 6) is 2.19. The Morgan fingerprint density at radius 1 is 1.33 bits per heavy atom. The molecule has 2 aromatic rings. The summed E-state index contributed by atoms with van der Waals surface area (Å²) in [6, 6.07) is 5.87. The molecular formula is C13H12BrClN2O. The van der Waals surface area contributed by atoms with Gasteiger partial charge in [-0.1, -0.05) is 6.07 Å². The first-order valence-electron chi connectivity index (χ1n) is 5.42. The molecule has 1 heterocycles. The van der Waals surface area contributed by atoms with Crippen LogP contribution in [-0.4, -0.2) is 9.97 Å². The van der Waals surface area contributed by atoms with Crippen molar-refractivity contribution in [3.05, 3.63) is 45.8 Å². The summed E-state index contributed by atoms with van der Waals surface area (Å²) < 4.78 is 6.67. The van der Waals surface area contributed by atoms with Gasteiger partial charge in [-0.05, 0) is 47.5 Å². The number of ether oxygens (including phenoxy) is 1. The van der Waals surface area contributed by atoms with Gasteiger partial charge in [0.2, 0.25) is 5.88 Å². The average molecular weight is 328 g/mol. The highest BCUT2D eigenvalue weighted by molar-refractivity contribution is 9.10. The lowest BCUT2D eigenvalue weighted by Crippen LogP contribution is -1.98. The highest BCUT2D eigenvalue weighted by Crippen LogP contribution is 2.31. The molecule has 0 spiro atoms. The Morgan fingerprint density at radius 2 is 2.11 bits per heavy atom. The van der Waals surface area contributed by atoms with E-state index in [1.165, 1.54) is 0 Å². The van der Waals surface area contributed by atoms with Gasteiger partial charge in [0.15, 0.2) is 0 Å². The van der Waals surface area contributed by atoms with Crippen molar-refractivity contribution >= 4 is 27.5 Å². The zero-order chi connectivity index (χ0) is 13.1. The Kier molecular flexibility index (Phi) is 4.19. The minimum absolute atomic E-state index is 0.319. The van der Waals surface area contributed by atoms with Crippen molar-refractivity contribution < 1.29 is 4.74 Å². The van der Waals surface area contributed by atoms with E-state index in [2.05, 4.69) is 25.9 Å². The van der Waals surface area contributed by atoms with Crippen molar-refractivity contribution in [1.82, 2.24) is 9.97 Å². The van der Waals surface area contributed by atoms with Crippen LogP contribution in [-0.2, 0) is 5.88 Å². The number of hydrogen-bond donors (Lipinski definition) is 0. The number of aromatic nitrogens is 2. The van der Waals surface area contributed by atoms with E-state index in [0.29, 0.717) is 23.3 Å². The second-order valence-electron chi connectivity index (χ2n) is 3.92. The van der Waals surface area contributed by atoms with Gasteiger partial charge in [0.1, 0.15) is 11.6 Å². The molecule has 1 aromatic carbocycles. The van der Waals surface area contributed by atoms with E-state index in [-0.39, 0.29) is 0 Å². The van der Waals surface area contributed by atoms with Gasteiger partial charge in [0, 0.05) is 11.8 Å². The van der Waals surface area contributed by atoms with E-state index in [0.717, 1.165) is 15.6 Å². The number of benzene rings is 1. The molecule has 5 heteroatoms. The number of alkyl halides is 1. The number of halogens is 2. The lowest BCUT2D eigenvalue weighted by molar-refractivity contribution is 0.452. The third kappa shape index (κ3) is 3.00. The van der Waals surface area contributed by atoms with Crippen LogP contribution in [0.3, 0.4) is 0 Å². The van der Waals surface area contributed by atoms with Crippen LogP contribution in [0.1, 0.15) is 17.0 Å². The fraction of sp³-hybridized carbons (Fsp3) is 0.231. The van der Waals surface area contributed by atoms with E-state index >= 15 is 0 Å². The third-order valence-electron chi connectivity index (χ3n) is 2.38. The predicted octanol–water partition coefficient (Wildman–Crippen LogP) is 4.39. The smallest absolute Gasteiger partial charge is 0.227 e. The Labute approximate surface area is 119 Å². The van der Waals surface area contributed by atoms with E-state index in [9.17, 15) is 0 Å². The summed E-state index contributed by atoms with van der Waals surface area (Å²) in [7, 11) is 0. The van der Waals surface area contributed by atoms with E-state index < -0.39 is 0 Å². The highest BCUT2D eigenvalue weighted by Gasteiger charge is 2.09. The molecule has 94 valence electrons. The highest BCUT2D eigenvalue weighted by atomic mass is 79.9. The molecule has 3 nitrogen and oxygen atoms in total. The van der Waals surface area contributed by atoms with Gasteiger partial charge in [0.25, 0.3) is 0 Å². The molecule has 1 aromatic heterocycles. The summed E-state index contributed by atoms with van der Waals surface area (Å²) >= 11 is 9.31. The molecule has 0 aliphatic heterocycles. The van der Waals surface area contributed by atoms with Gasteiger partial charge in [-0.2, -0.15) is 4.98 Å². The molecule has 2 rings (SSSR count). The topological polar surface area (TPSA) is 35.0 Å². The van der Waals surface area contributed by atoms with E-state index in [1.807, 2.05) is 32.0 Å². The van der Waals surface area contributed by atoms with Crippen LogP contribution in [0.5, 0.6) is 11.6 Å². The SMILES string of the molecule is Cc1ccc(Oc2nc(C)ncc2CCl)c(Br)c1. The average Bonchev–Trinajstić information content (AvgIpc) is 2.33. The van der Waals surface area contributed by atoms with Gasteiger partial charge < -0.3 is 4.74 Å². The number of nitrogens with zero attached hydrogens (tertiary/aromatic N) is 2.